The van der Waals surface area contributed by atoms with Crippen LogP contribution in [0.25, 0.3) is 0 Å². The minimum Gasteiger partial charge on any atom is -0.395 e. The molecule has 3 fully saturated rings. The van der Waals surface area contributed by atoms with E-state index in [1.807, 2.05) is 4.90 Å². The van der Waals surface area contributed by atoms with Crippen LogP contribution < -0.4 is 5.32 Å². The first-order valence-electron chi connectivity index (χ1n) is 8.89. The number of nitrogens with one attached hydrogen (secondary N) is 1. The van der Waals surface area contributed by atoms with E-state index in [-0.39, 0.29) is 44.2 Å². The summed E-state index contributed by atoms with van der Waals surface area (Å²) in [6.45, 7) is 2.19. The smallest absolute Gasteiger partial charge is 0.317 e. The number of piperidine rings is 1. The lowest BCUT2D eigenvalue weighted by Gasteiger charge is -2.39. The first kappa shape index (κ1) is 17.8. The monoisotopic (exact) mass is 347 g/mol. The molecule has 0 aromatic rings. The molecule has 3 aliphatic heterocycles. The van der Waals surface area contributed by atoms with Crippen LogP contribution in [0.15, 0.2) is 0 Å². The molecule has 138 valence electrons. The van der Waals surface area contributed by atoms with E-state index in [0.29, 0.717) is 19.1 Å². The number of aliphatic hydroxyl groups is 1. The molecule has 0 saturated carbocycles. The number of likely N-dealkylation sites (tertiary alicyclic amines) is 2. The van der Waals surface area contributed by atoms with Gasteiger partial charge in [0.05, 0.1) is 12.7 Å². The zero-order chi connectivity index (χ0) is 17.2. The van der Waals surface area contributed by atoms with Gasteiger partial charge in [-0.05, 0) is 32.2 Å². The average molecular weight is 347 g/mol. The third-order valence-electron chi connectivity index (χ3n) is 5.42. The van der Waals surface area contributed by atoms with Gasteiger partial charge in [-0.15, -0.1) is 0 Å². The van der Waals surface area contributed by atoms with Crippen LogP contribution in [-0.2, 0) is 4.74 Å². The van der Waals surface area contributed by atoms with Gasteiger partial charge in [-0.1, -0.05) is 0 Å². The van der Waals surface area contributed by atoms with Gasteiger partial charge in [0, 0.05) is 38.1 Å². The number of carbonyl (C=O) groups excluding carboxylic acids is 1. The van der Waals surface area contributed by atoms with Crippen LogP contribution in [0.2, 0.25) is 0 Å². The number of amides is 2. The number of aliphatic hydroxyl groups excluding tert-OH is 1. The Bertz CT molecular complexity index is 440. The molecule has 0 aromatic heterocycles. The molecular weight excluding hydrogens is 320 g/mol. The number of carbonyl (C=O) groups is 1. The van der Waals surface area contributed by atoms with E-state index in [0.717, 1.165) is 25.8 Å². The maximum Gasteiger partial charge on any atom is 0.317 e. The number of halogens is 2. The first-order chi connectivity index (χ1) is 11.5. The van der Waals surface area contributed by atoms with Gasteiger partial charge in [0.15, 0.2) is 0 Å². The van der Waals surface area contributed by atoms with Crippen LogP contribution in [-0.4, -0.2) is 84.4 Å². The summed E-state index contributed by atoms with van der Waals surface area (Å²) in [6, 6.07) is 0.373. The lowest BCUT2D eigenvalue weighted by Crippen LogP contribution is -2.54. The number of ether oxygens (including phenoxy) is 1. The Morgan fingerprint density at radius 1 is 1.25 bits per heavy atom. The van der Waals surface area contributed by atoms with E-state index < -0.39 is 12.5 Å². The molecule has 3 aliphatic rings. The van der Waals surface area contributed by atoms with Crippen LogP contribution in [0.1, 0.15) is 32.1 Å². The SMILES string of the molecule is O=C(NCC1CCC(F)(F)CO1)N1CCC2C1CCCN2CCO. The number of urea groups is 1. The number of hydrogen-bond acceptors (Lipinski definition) is 4. The lowest BCUT2D eigenvalue weighted by molar-refractivity contribution is -0.141. The van der Waals surface area contributed by atoms with Crippen LogP contribution >= 0.6 is 0 Å². The number of β-amino-alcohol motifs (C(OH)–C–C–N with tert-alkyl or cyclic N) is 1. The van der Waals surface area contributed by atoms with Gasteiger partial charge in [-0.2, -0.15) is 0 Å². The highest BCUT2D eigenvalue weighted by Crippen LogP contribution is 2.31. The van der Waals surface area contributed by atoms with E-state index in [9.17, 15) is 18.7 Å². The van der Waals surface area contributed by atoms with Gasteiger partial charge in [0.2, 0.25) is 0 Å². The topological polar surface area (TPSA) is 65.0 Å². The van der Waals surface area contributed by atoms with Crippen molar-refractivity contribution >= 4 is 6.03 Å². The molecule has 0 aliphatic carbocycles. The van der Waals surface area contributed by atoms with Crippen molar-refractivity contribution in [3.8, 4) is 0 Å². The molecule has 0 aromatic carbocycles. The van der Waals surface area contributed by atoms with Gasteiger partial charge < -0.3 is 20.1 Å². The summed E-state index contributed by atoms with van der Waals surface area (Å²) in [5.41, 5.74) is 0. The number of hydrogen-bond donors (Lipinski definition) is 2. The standard InChI is InChI=1S/C16H27F2N3O3/c17-16(18)5-3-12(24-11-16)10-19-15(23)21-7-4-13-14(21)2-1-6-20(13)8-9-22/h12-14,22H,1-11H2,(H,19,23). The van der Waals surface area contributed by atoms with Crippen LogP contribution in [0.3, 0.4) is 0 Å². The largest absolute Gasteiger partial charge is 0.395 e. The van der Waals surface area contributed by atoms with Gasteiger partial charge in [0.1, 0.15) is 6.61 Å². The summed E-state index contributed by atoms with van der Waals surface area (Å²) in [7, 11) is 0. The van der Waals surface area contributed by atoms with Gasteiger partial charge in [-0.25, -0.2) is 13.6 Å². The van der Waals surface area contributed by atoms with Gasteiger partial charge >= 0.3 is 6.03 Å². The first-order valence-corrected chi connectivity index (χ1v) is 8.89. The van der Waals surface area contributed by atoms with E-state index in [2.05, 4.69) is 10.2 Å². The highest BCUT2D eigenvalue weighted by Gasteiger charge is 2.42. The highest BCUT2D eigenvalue weighted by atomic mass is 19.3. The second-order valence-electron chi connectivity index (χ2n) is 7.03. The Balaban J connectivity index is 1.47. The molecule has 2 N–H and O–H groups in total. The second-order valence-corrected chi connectivity index (χ2v) is 7.03. The normalized spacial score (nSPS) is 33.3. The molecule has 0 spiro atoms. The highest BCUT2D eigenvalue weighted by molar-refractivity contribution is 5.75. The van der Waals surface area contributed by atoms with Gasteiger partial charge in [-0.3, -0.25) is 4.90 Å². The summed E-state index contributed by atoms with van der Waals surface area (Å²) >= 11 is 0. The molecule has 3 heterocycles. The molecule has 2 amide bonds. The number of rotatable bonds is 4. The third kappa shape index (κ3) is 3.97. The number of fused-ring (bicyclic) bond motifs is 1. The second kappa shape index (κ2) is 7.49. The Morgan fingerprint density at radius 3 is 2.79 bits per heavy atom. The van der Waals surface area contributed by atoms with Crippen molar-refractivity contribution in [2.24, 2.45) is 0 Å². The van der Waals surface area contributed by atoms with Crippen molar-refractivity contribution in [1.29, 1.82) is 0 Å². The maximum absolute atomic E-state index is 13.1. The summed E-state index contributed by atoms with van der Waals surface area (Å²) < 4.78 is 31.3. The fraction of sp³-hybridized carbons (Fsp3) is 0.938. The zero-order valence-electron chi connectivity index (χ0n) is 13.9. The van der Waals surface area contributed by atoms with Crippen LogP contribution in [0.4, 0.5) is 13.6 Å². The third-order valence-corrected chi connectivity index (χ3v) is 5.42. The molecule has 6 nitrogen and oxygen atoms in total. The molecule has 8 heteroatoms. The molecule has 3 atom stereocenters. The van der Waals surface area contributed by atoms with E-state index in [1.165, 1.54) is 0 Å². The summed E-state index contributed by atoms with van der Waals surface area (Å²) in [4.78, 5) is 16.6. The minimum absolute atomic E-state index is 0.130. The Hall–Kier alpha value is -0.990. The van der Waals surface area contributed by atoms with Crippen molar-refractivity contribution < 1.29 is 23.4 Å². The maximum atomic E-state index is 13.1. The molecule has 24 heavy (non-hydrogen) atoms. The minimum atomic E-state index is -2.74. The Labute approximate surface area is 141 Å². The Morgan fingerprint density at radius 2 is 2.08 bits per heavy atom. The Kier molecular flexibility index (Phi) is 5.56. The molecule has 3 saturated heterocycles. The average Bonchev–Trinajstić information content (AvgIpc) is 2.99. The van der Waals surface area contributed by atoms with Gasteiger partial charge in [0.25, 0.3) is 5.92 Å². The van der Waals surface area contributed by atoms with Crippen LogP contribution in [0.5, 0.6) is 0 Å². The number of nitrogens with zero attached hydrogens (tertiary/aromatic N) is 2. The summed E-state index contributed by atoms with van der Waals surface area (Å²) in [5, 5.41) is 12.0. The zero-order valence-corrected chi connectivity index (χ0v) is 13.9. The summed E-state index contributed by atoms with van der Waals surface area (Å²) in [5.74, 6) is -2.74. The predicted octanol–water partition coefficient (Wildman–Crippen LogP) is 1.04. The molecule has 0 bridgehead atoms. The van der Waals surface area contributed by atoms with E-state index in [1.54, 1.807) is 0 Å². The molecule has 3 unspecified atom stereocenters. The molecular formula is C16H27F2N3O3. The lowest BCUT2D eigenvalue weighted by atomic mass is 9.97. The predicted molar refractivity (Wildman–Crippen MR) is 84.1 cm³/mol. The van der Waals surface area contributed by atoms with Crippen molar-refractivity contribution in [1.82, 2.24) is 15.1 Å². The van der Waals surface area contributed by atoms with Crippen LogP contribution in [0, 0.1) is 0 Å². The van der Waals surface area contributed by atoms with Crippen molar-refractivity contribution in [3.63, 3.8) is 0 Å². The fourth-order valence-electron chi connectivity index (χ4n) is 4.17. The molecule has 0 radical (unpaired) electrons. The quantitative estimate of drug-likeness (QED) is 0.798. The number of alkyl halides is 2. The fourth-order valence-corrected chi connectivity index (χ4v) is 4.17. The van der Waals surface area contributed by atoms with E-state index in [4.69, 9.17) is 4.74 Å². The van der Waals surface area contributed by atoms with Crippen molar-refractivity contribution in [2.75, 3.05) is 39.4 Å². The molecule has 3 rings (SSSR count). The van der Waals surface area contributed by atoms with Crippen molar-refractivity contribution in [3.05, 3.63) is 0 Å². The summed E-state index contributed by atoms with van der Waals surface area (Å²) in [6.07, 6.45) is 2.67. The van der Waals surface area contributed by atoms with Crippen molar-refractivity contribution in [2.45, 2.75) is 56.2 Å². The van der Waals surface area contributed by atoms with E-state index >= 15 is 0 Å².